The molecule has 1 aromatic rings. The quantitative estimate of drug-likeness (QED) is 0.538. The monoisotopic (exact) mass is 190 g/mol. The van der Waals surface area contributed by atoms with E-state index < -0.39 is 0 Å². The first-order valence-electron chi connectivity index (χ1n) is 4.53. The number of aryl methyl sites for hydroxylation is 2. The third kappa shape index (κ3) is 3.05. The number of carbonyl (C=O) groups excluding carboxylic acids is 1. The van der Waals surface area contributed by atoms with Crippen molar-refractivity contribution >= 4 is 12.5 Å². The minimum Gasteiger partial charge on any atom is -0.464 e. The van der Waals surface area contributed by atoms with Gasteiger partial charge in [0.05, 0.1) is 0 Å². The van der Waals surface area contributed by atoms with E-state index in [0.29, 0.717) is 13.1 Å². The highest BCUT2D eigenvalue weighted by atomic mass is 16.5. The molecular weight excluding hydrogens is 176 g/mol. The van der Waals surface area contributed by atoms with Crippen LogP contribution >= 0.6 is 0 Å². The highest BCUT2D eigenvalue weighted by Crippen LogP contribution is 2.11. The number of rotatable bonds is 4. The van der Waals surface area contributed by atoms with Gasteiger partial charge < -0.3 is 4.74 Å². The number of carbonyl (C=O) groups is 1. The lowest BCUT2D eigenvalue weighted by atomic mass is 10.1. The second-order valence-corrected chi connectivity index (χ2v) is 3.19. The van der Waals surface area contributed by atoms with Crippen molar-refractivity contribution in [3.63, 3.8) is 0 Å². The standard InChI is InChI=1S/C12H14O2/c1-10-5-6-12(11(2)8-10)4-3-7-14-9-13/h3-6,8-9H,7H2,1-2H3/b4-3+. The van der Waals surface area contributed by atoms with Crippen LogP contribution in [0.1, 0.15) is 16.7 Å². The van der Waals surface area contributed by atoms with Crippen LogP contribution in [0.2, 0.25) is 0 Å². The van der Waals surface area contributed by atoms with Crippen LogP contribution in [-0.2, 0) is 9.53 Å². The van der Waals surface area contributed by atoms with Crippen LogP contribution in [0.4, 0.5) is 0 Å². The van der Waals surface area contributed by atoms with E-state index in [2.05, 4.69) is 36.8 Å². The number of hydrogen-bond donors (Lipinski definition) is 0. The van der Waals surface area contributed by atoms with Crippen molar-refractivity contribution in [3.05, 3.63) is 41.0 Å². The van der Waals surface area contributed by atoms with Crippen molar-refractivity contribution in [2.75, 3.05) is 6.61 Å². The Hall–Kier alpha value is -1.57. The van der Waals surface area contributed by atoms with Gasteiger partial charge in [-0.3, -0.25) is 4.79 Å². The largest absolute Gasteiger partial charge is 0.464 e. The van der Waals surface area contributed by atoms with E-state index in [0.717, 1.165) is 5.56 Å². The molecule has 0 bridgehead atoms. The van der Waals surface area contributed by atoms with Crippen molar-refractivity contribution in [1.82, 2.24) is 0 Å². The van der Waals surface area contributed by atoms with E-state index in [1.54, 1.807) is 0 Å². The molecular formula is C12H14O2. The van der Waals surface area contributed by atoms with E-state index in [9.17, 15) is 4.79 Å². The van der Waals surface area contributed by atoms with Crippen LogP contribution in [0.15, 0.2) is 24.3 Å². The van der Waals surface area contributed by atoms with Crippen molar-refractivity contribution in [1.29, 1.82) is 0 Å². The molecule has 1 rings (SSSR count). The van der Waals surface area contributed by atoms with Crippen LogP contribution in [0.3, 0.4) is 0 Å². The maximum absolute atomic E-state index is 9.87. The van der Waals surface area contributed by atoms with E-state index in [4.69, 9.17) is 0 Å². The molecule has 0 fully saturated rings. The van der Waals surface area contributed by atoms with Gasteiger partial charge in [-0.25, -0.2) is 0 Å². The average Bonchev–Trinajstić information content (AvgIpc) is 2.15. The van der Waals surface area contributed by atoms with Gasteiger partial charge >= 0.3 is 0 Å². The fourth-order valence-corrected chi connectivity index (χ4v) is 1.28. The summed E-state index contributed by atoms with van der Waals surface area (Å²) < 4.78 is 4.55. The summed E-state index contributed by atoms with van der Waals surface area (Å²) in [7, 11) is 0. The Labute approximate surface area is 84.2 Å². The third-order valence-electron chi connectivity index (χ3n) is 1.98. The van der Waals surface area contributed by atoms with Crippen LogP contribution in [0, 0.1) is 13.8 Å². The van der Waals surface area contributed by atoms with Crippen molar-refractivity contribution in [2.45, 2.75) is 13.8 Å². The van der Waals surface area contributed by atoms with E-state index in [1.807, 2.05) is 12.2 Å². The summed E-state index contributed by atoms with van der Waals surface area (Å²) in [5, 5.41) is 0. The van der Waals surface area contributed by atoms with Gasteiger partial charge in [0.2, 0.25) is 0 Å². The number of ether oxygens (including phenoxy) is 1. The Kier molecular flexibility index (Phi) is 3.92. The highest BCUT2D eigenvalue weighted by molar-refractivity contribution is 5.54. The van der Waals surface area contributed by atoms with Crippen LogP contribution in [0.25, 0.3) is 6.08 Å². The van der Waals surface area contributed by atoms with E-state index in [1.165, 1.54) is 11.1 Å². The Bertz CT molecular complexity index is 340. The molecule has 0 saturated heterocycles. The van der Waals surface area contributed by atoms with Gasteiger partial charge in [0.15, 0.2) is 0 Å². The molecule has 0 aliphatic rings. The molecule has 0 spiro atoms. The van der Waals surface area contributed by atoms with Gasteiger partial charge in [-0.15, -0.1) is 0 Å². The molecule has 0 radical (unpaired) electrons. The maximum atomic E-state index is 9.87. The normalized spacial score (nSPS) is 10.4. The predicted octanol–water partition coefficient (Wildman–Crippen LogP) is 2.49. The average molecular weight is 190 g/mol. The van der Waals surface area contributed by atoms with Crippen LogP contribution in [0.5, 0.6) is 0 Å². The van der Waals surface area contributed by atoms with Gasteiger partial charge in [-0.1, -0.05) is 29.8 Å². The molecule has 0 N–H and O–H groups in total. The fraction of sp³-hybridized carbons (Fsp3) is 0.250. The van der Waals surface area contributed by atoms with E-state index >= 15 is 0 Å². The lowest BCUT2D eigenvalue weighted by Crippen LogP contribution is -1.86. The summed E-state index contributed by atoms with van der Waals surface area (Å²) in [5.74, 6) is 0. The molecule has 2 heteroatoms. The maximum Gasteiger partial charge on any atom is 0.293 e. The highest BCUT2D eigenvalue weighted by Gasteiger charge is 1.93. The third-order valence-corrected chi connectivity index (χ3v) is 1.98. The molecule has 0 aliphatic heterocycles. The molecule has 0 saturated carbocycles. The van der Waals surface area contributed by atoms with Crippen LogP contribution in [-0.4, -0.2) is 13.1 Å². The summed E-state index contributed by atoms with van der Waals surface area (Å²) in [6, 6.07) is 6.25. The van der Waals surface area contributed by atoms with Gasteiger partial charge in [0, 0.05) is 0 Å². The summed E-state index contributed by atoms with van der Waals surface area (Å²) in [6.45, 7) is 4.91. The molecule has 1 aromatic carbocycles. The lowest BCUT2D eigenvalue weighted by molar-refractivity contribution is -0.127. The molecule has 2 nitrogen and oxygen atoms in total. The van der Waals surface area contributed by atoms with Gasteiger partial charge in [-0.05, 0) is 31.1 Å². The summed E-state index contributed by atoms with van der Waals surface area (Å²) >= 11 is 0. The molecule has 0 aliphatic carbocycles. The molecule has 0 atom stereocenters. The second-order valence-electron chi connectivity index (χ2n) is 3.19. The zero-order chi connectivity index (χ0) is 10.4. The molecule has 0 amide bonds. The minimum atomic E-state index is 0.330. The first kappa shape index (κ1) is 10.5. The zero-order valence-corrected chi connectivity index (χ0v) is 8.49. The summed E-state index contributed by atoms with van der Waals surface area (Å²) in [6.07, 6.45) is 3.78. The first-order chi connectivity index (χ1) is 6.74. The molecule has 0 unspecified atom stereocenters. The Morgan fingerprint density at radius 3 is 2.79 bits per heavy atom. The van der Waals surface area contributed by atoms with E-state index in [-0.39, 0.29) is 0 Å². The minimum absolute atomic E-state index is 0.330. The van der Waals surface area contributed by atoms with Crippen molar-refractivity contribution < 1.29 is 9.53 Å². The smallest absolute Gasteiger partial charge is 0.293 e. The first-order valence-corrected chi connectivity index (χ1v) is 4.53. The van der Waals surface area contributed by atoms with Gasteiger partial charge in [0.1, 0.15) is 6.61 Å². The zero-order valence-electron chi connectivity index (χ0n) is 8.49. The lowest BCUT2D eigenvalue weighted by Gasteiger charge is -2.01. The summed E-state index contributed by atoms with van der Waals surface area (Å²) in [4.78, 5) is 9.87. The van der Waals surface area contributed by atoms with Gasteiger partial charge in [-0.2, -0.15) is 0 Å². The van der Waals surface area contributed by atoms with Gasteiger partial charge in [0.25, 0.3) is 6.47 Å². The predicted molar refractivity (Wildman–Crippen MR) is 57.0 cm³/mol. The molecule has 0 heterocycles. The topological polar surface area (TPSA) is 26.3 Å². The Morgan fingerprint density at radius 1 is 1.36 bits per heavy atom. The van der Waals surface area contributed by atoms with Crippen molar-refractivity contribution in [2.24, 2.45) is 0 Å². The van der Waals surface area contributed by atoms with Crippen molar-refractivity contribution in [3.8, 4) is 0 Å². The Balaban J connectivity index is 2.67. The Morgan fingerprint density at radius 2 is 2.14 bits per heavy atom. The second kappa shape index (κ2) is 5.22. The fourth-order valence-electron chi connectivity index (χ4n) is 1.28. The molecule has 0 aromatic heterocycles. The SMILES string of the molecule is Cc1ccc(/C=C/COC=O)c(C)c1. The molecule has 74 valence electrons. The summed E-state index contributed by atoms with van der Waals surface area (Å²) in [5.41, 5.74) is 3.64. The number of hydrogen-bond acceptors (Lipinski definition) is 2. The number of benzene rings is 1. The van der Waals surface area contributed by atoms with Crippen LogP contribution < -0.4 is 0 Å². The molecule has 14 heavy (non-hydrogen) atoms.